The van der Waals surface area contributed by atoms with Gasteiger partial charge < -0.3 is 5.11 Å². The normalized spacial score (nSPS) is 12.1. The van der Waals surface area contributed by atoms with Crippen LogP contribution in [0.15, 0.2) is 22.4 Å². The zero-order chi connectivity index (χ0) is 13.2. The summed E-state index contributed by atoms with van der Waals surface area (Å²) < 4.78 is -2.40. The fourth-order valence-corrected chi connectivity index (χ4v) is 1.75. The number of carboxylic acids is 1. The molecule has 0 saturated heterocycles. The molecule has 1 rings (SSSR count). The Morgan fingerprint density at radius 3 is 2.06 bits per heavy atom. The second kappa shape index (κ2) is 5.59. The summed E-state index contributed by atoms with van der Waals surface area (Å²) in [5.74, 6) is -1.56. The van der Waals surface area contributed by atoms with Gasteiger partial charge in [0.05, 0.1) is 10.0 Å². The van der Waals surface area contributed by atoms with Crippen LogP contribution in [0.1, 0.15) is 0 Å². The molecule has 92 valence electrons. The number of alkyl halides is 2. The molecule has 0 atom stereocenters. The van der Waals surface area contributed by atoms with Gasteiger partial charge in [-0.3, -0.25) is 0 Å². The van der Waals surface area contributed by atoms with Gasteiger partial charge in [0.2, 0.25) is 0 Å². The Labute approximate surface area is 121 Å². The molecule has 0 aromatic heterocycles. The molecule has 0 aliphatic rings. The highest BCUT2D eigenvalue weighted by Crippen LogP contribution is 2.37. The summed E-state index contributed by atoms with van der Waals surface area (Å²) in [6, 6.07) is 2.74. The maximum Gasteiger partial charge on any atom is 0.365 e. The quantitative estimate of drug-likeness (QED) is 0.482. The van der Waals surface area contributed by atoms with Crippen LogP contribution in [-0.4, -0.2) is 15.5 Å². The van der Waals surface area contributed by atoms with Gasteiger partial charge >= 0.3 is 10.4 Å². The Balaban J connectivity index is 3.12. The topological polar surface area (TPSA) is 62.0 Å². The lowest BCUT2D eigenvalue weighted by Gasteiger charge is -2.06. The van der Waals surface area contributed by atoms with E-state index in [1.807, 2.05) is 0 Å². The maximum absolute atomic E-state index is 10.6. The molecule has 17 heavy (non-hydrogen) atoms. The molecule has 9 heteroatoms. The van der Waals surface area contributed by atoms with E-state index in [2.05, 4.69) is 10.2 Å². The summed E-state index contributed by atoms with van der Waals surface area (Å²) in [6.45, 7) is 0. The number of nitrogens with zero attached hydrogens (tertiary/aromatic N) is 2. The Morgan fingerprint density at radius 1 is 1.18 bits per heavy atom. The summed E-state index contributed by atoms with van der Waals surface area (Å²) in [5.41, 5.74) is 0.0321. The van der Waals surface area contributed by atoms with Gasteiger partial charge in [-0.2, -0.15) is 0 Å². The SMILES string of the molecule is O=C(O)C(Cl)(Cl)/N=N/c1c(Cl)cc(Cl)cc1Cl. The van der Waals surface area contributed by atoms with Gasteiger partial charge in [0.25, 0.3) is 0 Å². The van der Waals surface area contributed by atoms with Crippen molar-refractivity contribution in [2.75, 3.05) is 0 Å². The number of hydrogen-bond donors (Lipinski definition) is 1. The van der Waals surface area contributed by atoms with Crippen LogP contribution in [0.3, 0.4) is 0 Å². The minimum absolute atomic E-state index is 0.0321. The first-order valence-electron chi connectivity index (χ1n) is 3.92. The third kappa shape index (κ3) is 3.86. The number of carbonyl (C=O) groups is 1. The van der Waals surface area contributed by atoms with E-state index in [1.54, 1.807) is 0 Å². The van der Waals surface area contributed by atoms with Crippen molar-refractivity contribution in [1.82, 2.24) is 0 Å². The number of hydrogen-bond acceptors (Lipinski definition) is 3. The van der Waals surface area contributed by atoms with Crippen molar-refractivity contribution < 1.29 is 9.90 Å². The lowest BCUT2D eigenvalue weighted by atomic mass is 10.3. The number of halogens is 5. The van der Waals surface area contributed by atoms with Crippen molar-refractivity contribution in [2.24, 2.45) is 10.2 Å². The van der Waals surface area contributed by atoms with Crippen LogP contribution < -0.4 is 0 Å². The highest BCUT2D eigenvalue weighted by molar-refractivity contribution is 6.57. The molecule has 0 fully saturated rings. The Kier molecular flexibility index (Phi) is 4.86. The molecule has 0 heterocycles. The molecular weight excluding hydrogens is 333 g/mol. The maximum atomic E-state index is 10.6. The van der Waals surface area contributed by atoms with Gasteiger partial charge in [-0.25, -0.2) is 4.79 Å². The van der Waals surface area contributed by atoms with Gasteiger partial charge in [0.1, 0.15) is 5.69 Å². The second-order valence-electron chi connectivity index (χ2n) is 2.76. The third-order valence-electron chi connectivity index (χ3n) is 1.51. The lowest BCUT2D eigenvalue weighted by molar-refractivity contribution is -0.137. The Morgan fingerprint density at radius 2 is 1.65 bits per heavy atom. The Hall–Kier alpha value is -0.260. The predicted molar refractivity (Wildman–Crippen MR) is 68.1 cm³/mol. The molecule has 0 unspecified atom stereocenters. The fourth-order valence-electron chi connectivity index (χ4n) is 0.786. The summed E-state index contributed by atoms with van der Waals surface area (Å²) >= 11 is 27.9. The molecule has 1 aromatic carbocycles. The van der Waals surface area contributed by atoms with Crippen LogP contribution in [0.4, 0.5) is 5.69 Å². The van der Waals surface area contributed by atoms with Crippen LogP contribution in [0, 0.1) is 0 Å². The van der Waals surface area contributed by atoms with Crippen molar-refractivity contribution in [3.8, 4) is 0 Å². The van der Waals surface area contributed by atoms with Crippen LogP contribution in [0.5, 0.6) is 0 Å². The van der Waals surface area contributed by atoms with E-state index in [4.69, 9.17) is 63.1 Å². The zero-order valence-electron chi connectivity index (χ0n) is 7.79. The third-order valence-corrected chi connectivity index (χ3v) is 2.78. The average Bonchev–Trinajstić information content (AvgIpc) is 2.15. The number of rotatable bonds is 3. The molecule has 0 radical (unpaired) electrons. The van der Waals surface area contributed by atoms with Crippen LogP contribution >= 0.6 is 58.0 Å². The van der Waals surface area contributed by atoms with E-state index >= 15 is 0 Å². The summed E-state index contributed by atoms with van der Waals surface area (Å²) in [4.78, 5) is 10.6. The molecule has 0 spiro atoms. The lowest BCUT2D eigenvalue weighted by Crippen LogP contribution is -2.21. The minimum Gasteiger partial charge on any atom is -0.478 e. The van der Waals surface area contributed by atoms with Crippen molar-refractivity contribution >= 4 is 69.7 Å². The smallest absolute Gasteiger partial charge is 0.365 e. The molecule has 0 aliphatic carbocycles. The van der Waals surface area contributed by atoms with Crippen molar-refractivity contribution in [1.29, 1.82) is 0 Å². The standard InChI is InChI=1S/C8H3Cl5N2O2/c9-3-1-4(10)6(5(11)2-3)14-15-8(12,13)7(16)17/h1-2H,(H,16,17)/b15-14+. The predicted octanol–water partition coefficient (Wildman–Crippen LogP) is 4.95. The second-order valence-corrected chi connectivity index (χ2v) is 5.30. The highest BCUT2D eigenvalue weighted by Gasteiger charge is 2.33. The van der Waals surface area contributed by atoms with E-state index < -0.39 is 10.4 Å². The fraction of sp³-hybridized carbons (Fsp3) is 0.125. The number of azo groups is 1. The first kappa shape index (κ1) is 14.8. The van der Waals surface area contributed by atoms with Gasteiger partial charge in [-0.1, -0.05) is 58.0 Å². The van der Waals surface area contributed by atoms with E-state index in [0.29, 0.717) is 5.02 Å². The van der Waals surface area contributed by atoms with Gasteiger partial charge in [-0.05, 0) is 12.1 Å². The zero-order valence-corrected chi connectivity index (χ0v) is 11.6. The van der Waals surface area contributed by atoms with Crippen LogP contribution in [0.2, 0.25) is 15.1 Å². The van der Waals surface area contributed by atoms with E-state index in [9.17, 15) is 4.79 Å². The van der Waals surface area contributed by atoms with E-state index in [-0.39, 0.29) is 15.7 Å². The molecule has 0 saturated carbocycles. The number of carboxylic acid groups (broad SMARTS) is 1. The molecular formula is C8H3Cl5N2O2. The number of aliphatic carboxylic acids is 1. The number of benzene rings is 1. The molecule has 0 amide bonds. The first-order valence-corrected chi connectivity index (χ1v) is 5.81. The van der Waals surface area contributed by atoms with Crippen molar-refractivity contribution in [3.63, 3.8) is 0 Å². The van der Waals surface area contributed by atoms with Crippen molar-refractivity contribution in [2.45, 2.75) is 4.46 Å². The first-order chi connectivity index (χ1) is 7.74. The van der Waals surface area contributed by atoms with Crippen LogP contribution in [-0.2, 0) is 4.79 Å². The average molecular weight is 336 g/mol. The molecule has 1 aromatic rings. The van der Waals surface area contributed by atoms with E-state index in [1.165, 1.54) is 12.1 Å². The summed E-state index contributed by atoms with van der Waals surface area (Å²) in [6.07, 6.45) is 0. The largest absolute Gasteiger partial charge is 0.478 e. The monoisotopic (exact) mass is 334 g/mol. The molecule has 4 nitrogen and oxygen atoms in total. The van der Waals surface area contributed by atoms with E-state index in [0.717, 1.165) is 0 Å². The van der Waals surface area contributed by atoms with Gasteiger partial charge in [-0.15, -0.1) is 10.2 Å². The highest BCUT2D eigenvalue weighted by atomic mass is 35.5. The summed E-state index contributed by atoms with van der Waals surface area (Å²) in [5, 5.41) is 15.8. The van der Waals surface area contributed by atoms with Crippen LogP contribution in [0.25, 0.3) is 0 Å². The molecule has 0 aliphatic heterocycles. The molecule has 1 N–H and O–H groups in total. The Bertz CT molecular complexity index is 466. The summed E-state index contributed by atoms with van der Waals surface area (Å²) in [7, 11) is 0. The van der Waals surface area contributed by atoms with Gasteiger partial charge in [0, 0.05) is 5.02 Å². The minimum atomic E-state index is -2.40. The molecule has 0 bridgehead atoms. The van der Waals surface area contributed by atoms with Crippen molar-refractivity contribution in [3.05, 3.63) is 27.2 Å². The van der Waals surface area contributed by atoms with Gasteiger partial charge in [0.15, 0.2) is 0 Å².